The van der Waals surface area contributed by atoms with Crippen molar-refractivity contribution in [2.45, 2.75) is 0 Å². The average molecular weight is 168 g/mol. The zero-order valence-electron chi connectivity index (χ0n) is 6.04. The molecule has 0 spiro atoms. The molecule has 1 aliphatic heterocycles. The fraction of sp³-hybridized carbons (Fsp3) is 0.125. The van der Waals surface area contributed by atoms with E-state index in [-0.39, 0.29) is 23.5 Å². The summed E-state index contributed by atoms with van der Waals surface area (Å²) in [5.41, 5.74) is 0.402. The van der Waals surface area contributed by atoms with Crippen LogP contribution in [-0.4, -0.2) is 12.4 Å². The lowest BCUT2D eigenvalue weighted by molar-refractivity contribution is -0.115. The van der Waals surface area contributed by atoms with Gasteiger partial charge in [0.25, 0.3) is 6.01 Å². The lowest BCUT2D eigenvalue weighted by atomic mass is 10.1. The molecule has 0 fully saturated rings. The van der Waals surface area contributed by atoms with E-state index >= 15 is 0 Å². The standard InChI is InChI=1S/C8H5FO3/c9-8-5(1-2-12-8)6-3-11-4-7(6)10/h1-3H,4H2. The zero-order chi connectivity index (χ0) is 8.55. The summed E-state index contributed by atoms with van der Waals surface area (Å²) >= 11 is 0. The van der Waals surface area contributed by atoms with E-state index < -0.39 is 6.01 Å². The van der Waals surface area contributed by atoms with Crippen LogP contribution in [0.1, 0.15) is 5.56 Å². The van der Waals surface area contributed by atoms with E-state index in [0.29, 0.717) is 0 Å². The Bertz CT molecular complexity index is 351. The molecule has 62 valence electrons. The average Bonchev–Trinajstić information content (AvgIpc) is 2.59. The van der Waals surface area contributed by atoms with Gasteiger partial charge in [0.05, 0.1) is 23.7 Å². The first-order chi connectivity index (χ1) is 5.79. The van der Waals surface area contributed by atoms with Crippen molar-refractivity contribution >= 4 is 11.4 Å². The van der Waals surface area contributed by atoms with Crippen molar-refractivity contribution in [1.29, 1.82) is 0 Å². The monoisotopic (exact) mass is 168 g/mol. The molecule has 0 aromatic carbocycles. The van der Waals surface area contributed by atoms with Crippen LogP contribution in [0.5, 0.6) is 0 Å². The molecule has 0 bridgehead atoms. The van der Waals surface area contributed by atoms with Gasteiger partial charge in [-0.15, -0.1) is 0 Å². The Morgan fingerprint density at radius 1 is 1.50 bits per heavy atom. The Morgan fingerprint density at radius 3 is 2.83 bits per heavy atom. The molecule has 1 aliphatic rings. The van der Waals surface area contributed by atoms with Crippen LogP contribution in [0.2, 0.25) is 0 Å². The molecule has 4 heteroatoms. The van der Waals surface area contributed by atoms with E-state index in [0.717, 1.165) is 0 Å². The largest absolute Gasteiger partial charge is 0.492 e. The molecule has 2 rings (SSSR count). The van der Waals surface area contributed by atoms with Gasteiger partial charge in [0, 0.05) is 0 Å². The quantitative estimate of drug-likeness (QED) is 0.635. The van der Waals surface area contributed by atoms with Gasteiger partial charge >= 0.3 is 0 Å². The highest BCUT2D eigenvalue weighted by molar-refractivity contribution is 6.22. The predicted octanol–water partition coefficient (Wildman–Crippen LogP) is 1.36. The molecule has 1 aromatic rings. The van der Waals surface area contributed by atoms with Gasteiger partial charge in [-0.1, -0.05) is 0 Å². The SMILES string of the molecule is O=C1COC=C1c1ccoc1F. The van der Waals surface area contributed by atoms with E-state index in [1.54, 1.807) is 0 Å². The molecule has 0 aliphatic carbocycles. The number of Topliss-reactive ketones (excluding diaryl/α,β-unsaturated/α-hetero) is 1. The predicted molar refractivity (Wildman–Crippen MR) is 37.6 cm³/mol. The summed E-state index contributed by atoms with van der Waals surface area (Å²) < 4.78 is 21.9. The molecule has 0 unspecified atom stereocenters. The van der Waals surface area contributed by atoms with Gasteiger partial charge in [0.2, 0.25) is 5.78 Å². The van der Waals surface area contributed by atoms with Gasteiger partial charge in [-0.25, -0.2) is 0 Å². The van der Waals surface area contributed by atoms with Crippen molar-refractivity contribution in [3.8, 4) is 0 Å². The van der Waals surface area contributed by atoms with Crippen LogP contribution >= 0.6 is 0 Å². The van der Waals surface area contributed by atoms with Crippen LogP contribution in [0.3, 0.4) is 0 Å². The first-order valence-electron chi connectivity index (χ1n) is 3.37. The van der Waals surface area contributed by atoms with Crippen LogP contribution in [-0.2, 0) is 9.53 Å². The van der Waals surface area contributed by atoms with Gasteiger partial charge < -0.3 is 9.15 Å². The number of carbonyl (C=O) groups is 1. The van der Waals surface area contributed by atoms with Crippen molar-refractivity contribution in [2.24, 2.45) is 0 Å². The van der Waals surface area contributed by atoms with Gasteiger partial charge in [-0.2, -0.15) is 4.39 Å². The minimum absolute atomic E-state index is 0.0139. The minimum atomic E-state index is -0.750. The second-order valence-electron chi connectivity index (χ2n) is 2.37. The summed E-state index contributed by atoms with van der Waals surface area (Å²) in [4.78, 5) is 11.0. The number of hydrogen-bond acceptors (Lipinski definition) is 3. The second kappa shape index (κ2) is 2.48. The molecule has 0 saturated heterocycles. The molecule has 1 aromatic heterocycles. The maximum absolute atomic E-state index is 12.8. The third-order valence-electron chi connectivity index (χ3n) is 1.62. The Balaban J connectivity index is 2.43. The number of halogens is 1. The van der Waals surface area contributed by atoms with E-state index in [1.807, 2.05) is 0 Å². The second-order valence-corrected chi connectivity index (χ2v) is 2.37. The maximum Gasteiger partial charge on any atom is 0.285 e. The number of furan rings is 1. The van der Waals surface area contributed by atoms with Gasteiger partial charge in [-0.3, -0.25) is 4.79 Å². The normalized spacial score (nSPS) is 16.1. The number of ketones is 1. The number of carbonyl (C=O) groups excluding carboxylic acids is 1. The van der Waals surface area contributed by atoms with Crippen molar-refractivity contribution in [3.63, 3.8) is 0 Å². The maximum atomic E-state index is 12.8. The first-order valence-corrected chi connectivity index (χ1v) is 3.37. The van der Waals surface area contributed by atoms with Crippen LogP contribution in [0.25, 0.3) is 5.57 Å². The van der Waals surface area contributed by atoms with E-state index in [1.165, 1.54) is 18.6 Å². The lowest BCUT2D eigenvalue weighted by Gasteiger charge is -1.90. The smallest absolute Gasteiger partial charge is 0.285 e. The van der Waals surface area contributed by atoms with Crippen molar-refractivity contribution < 1.29 is 18.3 Å². The molecule has 0 N–H and O–H groups in total. The molecule has 0 amide bonds. The summed E-state index contributed by atoms with van der Waals surface area (Å²) in [5, 5.41) is 0. The molecule has 0 radical (unpaired) electrons. The van der Waals surface area contributed by atoms with E-state index in [9.17, 15) is 9.18 Å². The van der Waals surface area contributed by atoms with E-state index in [4.69, 9.17) is 4.74 Å². The number of rotatable bonds is 1. The van der Waals surface area contributed by atoms with Crippen molar-refractivity contribution in [1.82, 2.24) is 0 Å². The molecular weight excluding hydrogens is 163 g/mol. The third kappa shape index (κ3) is 0.922. The van der Waals surface area contributed by atoms with Crippen molar-refractivity contribution in [3.05, 3.63) is 30.2 Å². The highest BCUT2D eigenvalue weighted by Gasteiger charge is 2.22. The van der Waals surface area contributed by atoms with Gasteiger partial charge in [0.15, 0.2) is 6.61 Å². The molecule has 0 atom stereocenters. The lowest BCUT2D eigenvalue weighted by Crippen LogP contribution is -2.00. The summed E-state index contributed by atoms with van der Waals surface area (Å²) in [6, 6.07) is 0.647. The Morgan fingerprint density at radius 2 is 2.33 bits per heavy atom. The van der Waals surface area contributed by atoms with Crippen LogP contribution in [0.15, 0.2) is 23.0 Å². The highest BCUT2D eigenvalue weighted by Crippen LogP contribution is 2.23. The molecule has 3 nitrogen and oxygen atoms in total. The summed E-state index contributed by atoms with van der Waals surface area (Å²) in [6.45, 7) is -0.0139. The highest BCUT2D eigenvalue weighted by atomic mass is 19.1. The summed E-state index contributed by atoms with van der Waals surface area (Å²) in [7, 11) is 0. The fourth-order valence-corrected chi connectivity index (χ4v) is 1.04. The summed E-state index contributed by atoms with van der Waals surface area (Å²) in [6.07, 6.45) is 2.44. The molecule has 12 heavy (non-hydrogen) atoms. The van der Waals surface area contributed by atoms with Crippen molar-refractivity contribution in [2.75, 3.05) is 6.61 Å². The van der Waals surface area contributed by atoms with Crippen LogP contribution in [0.4, 0.5) is 4.39 Å². The third-order valence-corrected chi connectivity index (χ3v) is 1.62. The van der Waals surface area contributed by atoms with E-state index in [2.05, 4.69) is 4.42 Å². The van der Waals surface area contributed by atoms with Gasteiger partial charge in [-0.05, 0) is 6.07 Å². The summed E-state index contributed by atoms with van der Waals surface area (Å²) in [5.74, 6) is -0.227. The Hall–Kier alpha value is -1.58. The molecular formula is C8H5FO3. The van der Waals surface area contributed by atoms with Gasteiger partial charge in [0.1, 0.15) is 0 Å². The fourth-order valence-electron chi connectivity index (χ4n) is 1.04. The molecule has 2 heterocycles. The Kier molecular flexibility index (Phi) is 1.46. The number of ether oxygens (including phenoxy) is 1. The first kappa shape index (κ1) is 7.09. The Labute approximate surface area is 67.4 Å². The number of hydrogen-bond donors (Lipinski definition) is 0. The molecule has 0 saturated carbocycles. The zero-order valence-corrected chi connectivity index (χ0v) is 6.04. The minimum Gasteiger partial charge on any atom is -0.492 e. The van der Waals surface area contributed by atoms with Crippen LogP contribution in [0, 0.1) is 6.01 Å². The topological polar surface area (TPSA) is 39.4 Å². The van der Waals surface area contributed by atoms with Crippen LogP contribution < -0.4 is 0 Å².